The molecule has 1 heterocycles. The third-order valence-electron chi connectivity index (χ3n) is 4.20. The van der Waals surface area contributed by atoms with E-state index in [0.29, 0.717) is 5.02 Å². The maximum atomic E-state index is 12.4. The van der Waals surface area contributed by atoms with Crippen LogP contribution in [0.5, 0.6) is 5.75 Å². The molecule has 7 nitrogen and oxygen atoms in total. The maximum Gasteiger partial charge on any atom is 0.363 e. The number of ether oxygens (including phenoxy) is 2. The van der Waals surface area contributed by atoms with Gasteiger partial charge in [-0.1, -0.05) is 48.0 Å². The van der Waals surface area contributed by atoms with E-state index in [1.165, 1.54) is 11.8 Å². The third kappa shape index (κ3) is 4.94. The second-order valence-corrected chi connectivity index (χ2v) is 6.62. The van der Waals surface area contributed by atoms with E-state index in [4.69, 9.17) is 21.1 Å². The lowest BCUT2D eigenvalue weighted by atomic mass is 10.1. The van der Waals surface area contributed by atoms with Crippen molar-refractivity contribution in [2.75, 3.05) is 13.7 Å². The molecule has 3 rings (SSSR count). The summed E-state index contributed by atoms with van der Waals surface area (Å²) >= 11 is 6.14. The van der Waals surface area contributed by atoms with Crippen molar-refractivity contribution in [2.24, 2.45) is 0 Å². The molecule has 29 heavy (non-hydrogen) atoms. The van der Waals surface area contributed by atoms with Crippen molar-refractivity contribution in [1.82, 2.24) is 15.1 Å². The van der Waals surface area contributed by atoms with E-state index in [9.17, 15) is 9.59 Å². The van der Waals surface area contributed by atoms with Crippen molar-refractivity contribution in [1.29, 1.82) is 0 Å². The largest absolute Gasteiger partial charge is 0.493 e. The highest BCUT2D eigenvalue weighted by Gasteiger charge is 2.21. The molecule has 0 bridgehead atoms. The summed E-state index contributed by atoms with van der Waals surface area (Å²) in [6.45, 7) is 1.35. The van der Waals surface area contributed by atoms with Gasteiger partial charge in [-0.2, -0.15) is 5.10 Å². The third-order valence-corrected chi connectivity index (χ3v) is 4.54. The summed E-state index contributed by atoms with van der Waals surface area (Å²) in [6, 6.07) is 16.1. The minimum absolute atomic E-state index is 0.0108. The molecule has 0 fully saturated rings. The molecule has 0 aliphatic heterocycles. The molecular weight excluding hydrogens is 394 g/mol. The Hall–Kier alpha value is -3.32. The topological polar surface area (TPSA) is 82.5 Å². The van der Waals surface area contributed by atoms with E-state index in [-0.39, 0.29) is 17.5 Å². The molecule has 3 aromatic rings. The van der Waals surface area contributed by atoms with E-state index in [1.54, 1.807) is 19.2 Å². The minimum atomic E-state index is -0.753. The first kappa shape index (κ1) is 20.4. The van der Waals surface area contributed by atoms with Gasteiger partial charge in [-0.05, 0) is 30.7 Å². The van der Waals surface area contributed by atoms with Crippen LogP contribution < -0.4 is 10.1 Å². The summed E-state index contributed by atoms with van der Waals surface area (Å²) in [5, 5.41) is 7.51. The highest BCUT2D eigenvalue weighted by molar-refractivity contribution is 6.31. The number of hydrogen-bond acceptors (Lipinski definition) is 5. The minimum Gasteiger partial charge on any atom is -0.493 e. The second-order valence-electron chi connectivity index (χ2n) is 6.21. The van der Waals surface area contributed by atoms with Gasteiger partial charge in [0.05, 0.1) is 25.0 Å². The fraction of sp³-hybridized carbons (Fsp3) is 0.190. The van der Waals surface area contributed by atoms with Crippen molar-refractivity contribution >= 4 is 23.5 Å². The van der Waals surface area contributed by atoms with Crippen molar-refractivity contribution < 1.29 is 19.1 Å². The van der Waals surface area contributed by atoms with Crippen LogP contribution in [0.2, 0.25) is 5.02 Å². The van der Waals surface area contributed by atoms with E-state index in [2.05, 4.69) is 10.4 Å². The van der Waals surface area contributed by atoms with Gasteiger partial charge in [-0.15, -0.1) is 0 Å². The molecule has 1 aromatic heterocycles. The monoisotopic (exact) mass is 413 g/mol. The zero-order chi connectivity index (χ0) is 20.8. The van der Waals surface area contributed by atoms with Gasteiger partial charge in [0.15, 0.2) is 12.4 Å². The molecule has 0 saturated carbocycles. The van der Waals surface area contributed by atoms with Crippen LogP contribution in [0.25, 0.3) is 5.69 Å². The number of rotatable bonds is 7. The predicted molar refractivity (Wildman–Crippen MR) is 108 cm³/mol. The zero-order valence-electron chi connectivity index (χ0n) is 16.0. The van der Waals surface area contributed by atoms with Crippen LogP contribution in [0.3, 0.4) is 0 Å². The molecule has 0 saturated heterocycles. The highest BCUT2D eigenvalue weighted by Crippen LogP contribution is 2.22. The quantitative estimate of drug-likeness (QED) is 0.599. The molecule has 1 atom stereocenters. The summed E-state index contributed by atoms with van der Waals surface area (Å²) in [5.74, 6) is -0.951. The Morgan fingerprint density at radius 3 is 2.52 bits per heavy atom. The number of carbonyl (C=O) groups is 2. The molecule has 1 amide bonds. The lowest BCUT2D eigenvalue weighted by Crippen LogP contribution is -2.31. The average molecular weight is 414 g/mol. The lowest BCUT2D eigenvalue weighted by molar-refractivity contribution is -0.124. The Morgan fingerprint density at radius 1 is 1.14 bits per heavy atom. The van der Waals surface area contributed by atoms with Crippen molar-refractivity contribution in [3.05, 3.63) is 77.1 Å². The summed E-state index contributed by atoms with van der Waals surface area (Å²) in [7, 11) is 1.43. The van der Waals surface area contributed by atoms with Gasteiger partial charge < -0.3 is 14.8 Å². The summed E-state index contributed by atoms with van der Waals surface area (Å²) in [4.78, 5) is 24.6. The Kier molecular flexibility index (Phi) is 6.51. The van der Waals surface area contributed by atoms with Crippen LogP contribution >= 0.6 is 11.6 Å². The molecule has 0 aliphatic carbocycles. The lowest BCUT2D eigenvalue weighted by Gasteiger charge is -2.15. The molecule has 2 aromatic carbocycles. The number of methoxy groups -OCH3 is 1. The average Bonchev–Trinajstić information content (AvgIpc) is 3.17. The first-order valence-corrected chi connectivity index (χ1v) is 9.27. The number of hydrogen-bond donors (Lipinski definition) is 1. The first-order valence-electron chi connectivity index (χ1n) is 8.89. The van der Waals surface area contributed by atoms with E-state index >= 15 is 0 Å². The zero-order valence-corrected chi connectivity index (χ0v) is 16.7. The van der Waals surface area contributed by atoms with E-state index in [1.807, 2.05) is 48.5 Å². The number of amides is 1. The molecule has 0 radical (unpaired) electrons. The Bertz CT molecular complexity index is 1000. The van der Waals surface area contributed by atoms with Crippen LogP contribution in [0.4, 0.5) is 0 Å². The molecule has 0 spiro atoms. The molecule has 0 unspecified atom stereocenters. The summed E-state index contributed by atoms with van der Waals surface area (Å²) in [5.41, 5.74) is 1.52. The fourth-order valence-electron chi connectivity index (χ4n) is 2.75. The summed E-state index contributed by atoms with van der Waals surface area (Å²) in [6.07, 6.45) is 1.57. The Balaban J connectivity index is 1.62. The fourth-order valence-corrected chi connectivity index (χ4v) is 3.05. The number of nitrogens with zero attached hydrogens (tertiary/aromatic N) is 2. The number of nitrogens with one attached hydrogen (secondary N) is 1. The normalized spacial score (nSPS) is 11.6. The molecule has 1 N–H and O–H groups in total. The van der Waals surface area contributed by atoms with Crippen molar-refractivity contribution in [3.8, 4) is 11.4 Å². The van der Waals surface area contributed by atoms with Crippen molar-refractivity contribution in [3.63, 3.8) is 0 Å². The second kappa shape index (κ2) is 9.25. The molecule has 8 heteroatoms. The van der Waals surface area contributed by atoms with Crippen LogP contribution in [-0.4, -0.2) is 35.4 Å². The smallest absolute Gasteiger partial charge is 0.363 e. The first-order chi connectivity index (χ1) is 14.0. The van der Waals surface area contributed by atoms with Gasteiger partial charge in [0, 0.05) is 5.02 Å². The van der Waals surface area contributed by atoms with Crippen LogP contribution in [0.15, 0.2) is 60.8 Å². The number of carbonyl (C=O) groups excluding carboxylic acids is 2. The van der Waals surface area contributed by atoms with Crippen LogP contribution in [0, 0.1) is 0 Å². The predicted octanol–water partition coefficient (Wildman–Crippen LogP) is 3.57. The highest BCUT2D eigenvalue weighted by atomic mass is 35.5. The Labute approximate surface area is 173 Å². The Morgan fingerprint density at radius 2 is 1.83 bits per heavy atom. The number of benzene rings is 2. The van der Waals surface area contributed by atoms with Gasteiger partial charge in [0.2, 0.25) is 5.69 Å². The summed E-state index contributed by atoms with van der Waals surface area (Å²) < 4.78 is 11.8. The number of para-hydroxylation sites is 1. The van der Waals surface area contributed by atoms with E-state index < -0.39 is 18.5 Å². The van der Waals surface area contributed by atoms with Gasteiger partial charge in [-0.25, -0.2) is 9.48 Å². The van der Waals surface area contributed by atoms with E-state index in [0.717, 1.165) is 11.3 Å². The van der Waals surface area contributed by atoms with Crippen LogP contribution in [-0.2, 0) is 9.53 Å². The number of esters is 1. The van der Waals surface area contributed by atoms with Gasteiger partial charge in [0.1, 0.15) is 0 Å². The number of halogens is 1. The SMILES string of the molecule is COc1cn(-c2ccccc2)nc1C(=O)OCC(=O)N[C@@H](C)c1ccccc1Cl. The molecule has 0 aliphatic rings. The maximum absolute atomic E-state index is 12.4. The standard InChI is InChI=1S/C21H20ClN3O4/c1-14(16-10-6-7-11-17(16)22)23-19(26)13-29-21(27)20-18(28-2)12-25(24-20)15-8-4-3-5-9-15/h3-12,14H,13H2,1-2H3,(H,23,26)/t14-/m0/s1. The number of aromatic nitrogens is 2. The van der Waals surface area contributed by atoms with Crippen molar-refractivity contribution in [2.45, 2.75) is 13.0 Å². The van der Waals surface area contributed by atoms with Gasteiger partial charge in [0.25, 0.3) is 5.91 Å². The van der Waals surface area contributed by atoms with Crippen LogP contribution in [0.1, 0.15) is 29.0 Å². The molecule has 150 valence electrons. The van der Waals surface area contributed by atoms with Gasteiger partial charge >= 0.3 is 5.97 Å². The van der Waals surface area contributed by atoms with Gasteiger partial charge in [-0.3, -0.25) is 4.79 Å². The molecular formula is C21H20ClN3O4.